The van der Waals surface area contributed by atoms with Gasteiger partial charge >= 0.3 is 0 Å². The quantitative estimate of drug-likeness (QED) is 0.416. The van der Waals surface area contributed by atoms with Gasteiger partial charge in [0.25, 0.3) is 0 Å². The highest BCUT2D eigenvalue weighted by Gasteiger charge is 2.05. The van der Waals surface area contributed by atoms with Gasteiger partial charge in [-0.3, -0.25) is 4.79 Å². The first-order valence-corrected chi connectivity index (χ1v) is 2.32. The number of nitrogens with zero attached hydrogens (tertiary/aromatic N) is 3. The van der Waals surface area contributed by atoms with Crippen LogP contribution in [0.3, 0.4) is 0 Å². The Morgan fingerprint density at radius 1 is 1.89 bits per heavy atom. The highest BCUT2D eigenvalue weighted by atomic mass is 16.5. The standard InChI is InChI=1S/C4H5N3O2/c1-3(8)4-2-5-6-7(4)9/h2,9H,1H3. The molecule has 1 aromatic heterocycles. The molecule has 1 rings (SSSR count). The predicted molar refractivity (Wildman–Crippen MR) is 27.2 cm³/mol. The zero-order valence-electron chi connectivity index (χ0n) is 4.77. The molecule has 0 atom stereocenters. The molecule has 0 aliphatic carbocycles. The van der Waals surface area contributed by atoms with Gasteiger partial charge in [0.2, 0.25) is 0 Å². The van der Waals surface area contributed by atoms with E-state index in [9.17, 15) is 4.79 Å². The van der Waals surface area contributed by atoms with Gasteiger partial charge in [-0.1, -0.05) is 4.85 Å². The molecule has 0 radical (unpaired) electrons. The van der Waals surface area contributed by atoms with E-state index in [1.165, 1.54) is 13.1 Å². The molecule has 0 aliphatic heterocycles. The number of hydrogen-bond donors (Lipinski definition) is 1. The van der Waals surface area contributed by atoms with Crippen LogP contribution in [-0.2, 0) is 0 Å². The van der Waals surface area contributed by atoms with E-state index in [1.54, 1.807) is 0 Å². The minimum absolute atomic E-state index is 0.0926. The maximum atomic E-state index is 10.5. The Morgan fingerprint density at radius 3 is 2.78 bits per heavy atom. The van der Waals surface area contributed by atoms with Gasteiger partial charge in [-0.25, -0.2) is 0 Å². The lowest BCUT2D eigenvalue weighted by molar-refractivity contribution is 0.0923. The number of carbonyl (C=O) groups excluding carboxylic acids is 1. The second-order valence-corrected chi connectivity index (χ2v) is 1.56. The summed E-state index contributed by atoms with van der Waals surface area (Å²) >= 11 is 0. The molecule has 0 amide bonds. The van der Waals surface area contributed by atoms with Crippen LogP contribution in [0.4, 0.5) is 0 Å². The number of aromatic nitrogens is 3. The van der Waals surface area contributed by atoms with Crippen molar-refractivity contribution in [2.75, 3.05) is 0 Å². The van der Waals surface area contributed by atoms with Gasteiger partial charge in [0.05, 0.1) is 6.20 Å². The van der Waals surface area contributed by atoms with Crippen LogP contribution in [0.5, 0.6) is 0 Å². The van der Waals surface area contributed by atoms with Crippen LogP contribution in [-0.4, -0.2) is 26.1 Å². The summed E-state index contributed by atoms with van der Waals surface area (Å²) in [5.74, 6) is -0.262. The first-order chi connectivity index (χ1) is 4.22. The van der Waals surface area contributed by atoms with Crippen molar-refractivity contribution in [3.63, 3.8) is 0 Å². The molecule has 0 unspecified atom stereocenters. The molecule has 1 aromatic rings. The smallest absolute Gasteiger partial charge is 0.183 e. The van der Waals surface area contributed by atoms with Gasteiger partial charge in [0.15, 0.2) is 11.5 Å². The highest BCUT2D eigenvalue weighted by molar-refractivity contribution is 5.91. The molecule has 1 N–H and O–H groups in total. The third-order valence-electron chi connectivity index (χ3n) is 0.893. The molecule has 0 spiro atoms. The molecule has 9 heavy (non-hydrogen) atoms. The summed E-state index contributed by atoms with van der Waals surface area (Å²) in [7, 11) is 0. The average Bonchev–Trinajstić information content (AvgIpc) is 2.13. The maximum Gasteiger partial charge on any atom is 0.183 e. The monoisotopic (exact) mass is 127 g/mol. The first-order valence-electron chi connectivity index (χ1n) is 2.32. The van der Waals surface area contributed by atoms with Gasteiger partial charge in [0.1, 0.15) is 0 Å². The maximum absolute atomic E-state index is 10.5. The van der Waals surface area contributed by atoms with Crippen molar-refractivity contribution in [3.05, 3.63) is 11.9 Å². The molecule has 0 bridgehead atoms. The van der Waals surface area contributed by atoms with Crippen molar-refractivity contribution in [1.82, 2.24) is 15.2 Å². The van der Waals surface area contributed by atoms with Crippen molar-refractivity contribution in [1.29, 1.82) is 0 Å². The van der Waals surface area contributed by atoms with Crippen LogP contribution in [0.2, 0.25) is 0 Å². The van der Waals surface area contributed by atoms with Gasteiger partial charge < -0.3 is 5.21 Å². The Morgan fingerprint density at radius 2 is 2.56 bits per heavy atom. The van der Waals surface area contributed by atoms with E-state index in [1.807, 2.05) is 0 Å². The van der Waals surface area contributed by atoms with Crippen LogP contribution < -0.4 is 0 Å². The fourth-order valence-electron chi connectivity index (χ4n) is 0.461. The van der Waals surface area contributed by atoms with Gasteiger partial charge in [0, 0.05) is 6.92 Å². The van der Waals surface area contributed by atoms with E-state index < -0.39 is 0 Å². The molecule has 0 aromatic carbocycles. The third-order valence-corrected chi connectivity index (χ3v) is 0.893. The van der Waals surface area contributed by atoms with E-state index in [-0.39, 0.29) is 11.5 Å². The Bertz CT molecular complexity index is 229. The van der Waals surface area contributed by atoms with Crippen LogP contribution in [0, 0.1) is 0 Å². The van der Waals surface area contributed by atoms with E-state index in [4.69, 9.17) is 5.21 Å². The average molecular weight is 127 g/mol. The second-order valence-electron chi connectivity index (χ2n) is 1.56. The molecule has 1 heterocycles. The minimum Gasteiger partial charge on any atom is -0.410 e. The third kappa shape index (κ3) is 0.883. The molecule has 0 fully saturated rings. The Balaban J connectivity index is 3.08. The van der Waals surface area contributed by atoms with Crippen LogP contribution in [0.15, 0.2) is 6.20 Å². The second kappa shape index (κ2) is 1.85. The molecular formula is C4H5N3O2. The topological polar surface area (TPSA) is 68.0 Å². The van der Waals surface area contributed by atoms with E-state index in [0.717, 1.165) is 0 Å². The zero-order chi connectivity index (χ0) is 6.85. The van der Waals surface area contributed by atoms with Gasteiger partial charge in [-0.2, -0.15) is 0 Å². The van der Waals surface area contributed by atoms with Crippen LogP contribution in [0.25, 0.3) is 0 Å². The number of ketones is 1. The van der Waals surface area contributed by atoms with E-state index >= 15 is 0 Å². The fourth-order valence-corrected chi connectivity index (χ4v) is 0.461. The molecule has 0 saturated carbocycles. The molecule has 5 nitrogen and oxygen atoms in total. The fraction of sp³-hybridized carbons (Fsp3) is 0.250. The summed E-state index contributed by atoms with van der Waals surface area (Å²) in [6, 6.07) is 0. The molecule has 0 saturated heterocycles. The van der Waals surface area contributed by atoms with Crippen LogP contribution in [0.1, 0.15) is 17.4 Å². The lowest BCUT2D eigenvalue weighted by Gasteiger charge is -1.88. The largest absolute Gasteiger partial charge is 0.410 e. The van der Waals surface area contributed by atoms with Gasteiger partial charge in [-0.05, 0) is 5.21 Å². The molecule has 48 valence electrons. The van der Waals surface area contributed by atoms with Crippen molar-refractivity contribution in [2.45, 2.75) is 6.92 Å². The summed E-state index contributed by atoms with van der Waals surface area (Å²) < 4.78 is 0. The molecular weight excluding hydrogens is 122 g/mol. The highest BCUT2D eigenvalue weighted by Crippen LogP contribution is 1.91. The Labute approximate surface area is 50.9 Å². The number of rotatable bonds is 1. The van der Waals surface area contributed by atoms with E-state index in [0.29, 0.717) is 4.85 Å². The molecule has 5 heteroatoms. The normalized spacial score (nSPS) is 9.44. The van der Waals surface area contributed by atoms with Crippen molar-refractivity contribution < 1.29 is 10.0 Å². The van der Waals surface area contributed by atoms with Crippen molar-refractivity contribution >= 4 is 5.78 Å². The van der Waals surface area contributed by atoms with Crippen molar-refractivity contribution in [2.24, 2.45) is 0 Å². The summed E-state index contributed by atoms with van der Waals surface area (Å²) in [4.78, 5) is 10.9. The Kier molecular flexibility index (Phi) is 1.18. The lowest BCUT2D eigenvalue weighted by Crippen LogP contribution is -2.03. The first kappa shape index (κ1) is 5.74. The summed E-state index contributed by atoms with van der Waals surface area (Å²) in [6.45, 7) is 1.32. The number of Topliss-reactive ketones (excluding diaryl/α,β-unsaturated/α-hetero) is 1. The summed E-state index contributed by atoms with van der Waals surface area (Å²) in [6.07, 6.45) is 1.20. The zero-order valence-corrected chi connectivity index (χ0v) is 4.77. The number of hydrogen-bond acceptors (Lipinski definition) is 4. The van der Waals surface area contributed by atoms with Gasteiger partial charge in [-0.15, -0.1) is 5.10 Å². The van der Waals surface area contributed by atoms with Crippen molar-refractivity contribution in [3.8, 4) is 0 Å². The Hall–Kier alpha value is -1.39. The molecule has 0 aliphatic rings. The van der Waals surface area contributed by atoms with Crippen LogP contribution >= 0.6 is 0 Å². The lowest BCUT2D eigenvalue weighted by atomic mass is 10.3. The summed E-state index contributed by atoms with van der Waals surface area (Å²) in [5, 5.41) is 15.1. The summed E-state index contributed by atoms with van der Waals surface area (Å²) in [5.41, 5.74) is 0.0926. The number of carbonyl (C=O) groups is 1. The SMILES string of the molecule is CC(=O)c1cnnn1O. The predicted octanol–water partition coefficient (Wildman–Crippen LogP) is -0.282. The van der Waals surface area contributed by atoms with E-state index in [2.05, 4.69) is 10.3 Å². The minimum atomic E-state index is -0.262.